The molecule has 122 valence electrons. The van der Waals surface area contributed by atoms with Crippen molar-refractivity contribution in [2.24, 2.45) is 0 Å². The van der Waals surface area contributed by atoms with Crippen LogP contribution in [0.3, 0.4) is 0 Å². The van der Waals surface area contributed by atoms with Gasteiger partial charge in [-0.3, -0.25) is 9.78 Å². The monoisotopic (exact) mass is 313 g/mol. The number of hydrogen-bond acceptors (Lipinski definition) is 4. The molecule has 1 heterocycles. The van der Waals surface area contributed by atoms with Crippen LogP contribution in [0, 0.1) is 0 Å². The highest BCUT2D eigenvalue weighted by Gasteiger charge is 2.12. The van der Waals surface area contributed by atoms with E-state index in [1.54, 1.807) is 24.2 Å². The zero-order valence-corrected chi connectivity index (χ0v) is 13.7. The first-order chi connectivity index (χ1) is 11.2. The van der Waals surface area contributed by atoms with E-state index in [9.17, 15) is 4.79 Å². The third-order valence-electron chi connectivity index (χ3n) is 3.48. The number of rotatable bonds is 8. The van der Waals surface area contributed by atoms with Crippen LogP contribution >= 0.6 is 0 Å². The van der Waals surface area contributed by atoms with Crippen LogP contribution < -0.4 is 10.1 Å². The summed E-state index contributed by atoms with van der Waals surface area (Å²) in [5, 5.41) is 3.02. The van der Waals surface area contributed by atoms with Gasteiger partial charge in [0.05, 0.1) is 0 Å². The summed E-state index contributed by atoms with van der Waals surface area (Å²) in [4.78, 5) is 18.5. The second-order valence-electron chi connectivity index (χ2n) is 5.28. The van der Waals surface area contributed by atoms with E-state index >= 15 is 0 Å². The predicted octanol–water partition coefficient (Wildman–Crippen LogP) is 1.99. The molecule has 0 saturated carbocycles. The van der Waals surface area contributed by atoms with Crippen LogP contribution in [0.2, 0.25) is 0 Å². The molecule has 0 saturated heterocycles. The van der Waals surface area contributed by atoms with Crippen molar-refractivity contribution in [3.8, 4) is 5.75 Å². The summed E-state index contributed by atoms with van der Waals surface area (Å²) in [6.07, 6.45) is 2.50. The Bertz CT molecular complexity index is 617. The molecule has 1 N–H and O–H groups in total. The SMILES string of the molecule is CNCCOc1cccc(C(=O)N(C)CCc2ccccn2)c1. The zero-order chi connectivity index (χ0) is 16.5. The van der Waals surface area contributed by atoms with E-state index in [1.165, 1.54) is 0 Å². The van der Waals surface area contributed by atoms with Crippen molar-refractivity contribution in [1.29, 1.82) is 0 Å². The van der Waals surface area contributed by atoms with Crippen LogP contribution in [-0.4, -0.2) is 49.6 Å². The minimum atomic E-state index is -0.0139. The summed E-state index contributed by atoms with van der Waals surface area (Å²) in [6.45, 7) is 1.96. The second kappa shape index (κ2) is 8.90. The number of hydrogen-bond donors (Lipinski definition) is 1. The fraction of sp³-hybridized carbons (Fsp3) is 0.333. The summed E-state index contributed by atoms with van der Waals surface area (Å²) in [6, 6.07) is 13.1. The Morgan fingerprint density at radius 3 is 2.87 bits per heavy atom. The fourth-order valence-electron chi connectivity index (χ4n) is 2.14. The Kier molecular flexibility index (Phi) is 6.56. The Labute approximate surface area is 137 Å². The molecule has 0 bridgehead atoms. The van der Waals surface area contributed by atoms with Gasteiger partial charge in [-0.2, -0.15) is 0 Å². The number of benzene rings is 1. The summed E-state index contributed by atoms with van der Waals surface area (Å²) in [5.74, 6) is 0.698. The molecule has 1 amide bonds. The van der Waals surface area contributed by atoms with Gasteiger partial charge in [-0.1, -0.05) is 12.1 Å². The summed E-state index contributed by atoms with van der Waals surface area (Å²) < 4.78 is 5.60. The van der Waals surface area contributed by atoms with E-state index in [-0.39, 0.29) is 5.91 Å². The number of ether oxygens (including phenoxy) is 1. The van der Waals surface area contributed by atoms with Gasteiger partial charge in [0.2, 0.25) is 0 Å². The van der Waals surface area contributed by atoms with Crippen LogP contribution in [0.1, 0.15) is 16.1 Å². The standard InChI is InChI=1S/C18H23N3O2/c1-19-11-13-23-17-8-5-6-15(14-17)18(22)21(2)12-9-16-7-3-4-10-20-16/h3-8,10,14,19H,9,11-13H2,1-2H3. The number of pyridine rings is 1. The lowest BCUT2D eigenvalue weighted by atomic mass is 10.2. The van der Waals surface area contributed by atoms with E-state index in [2.05, 4.69) is 10.3 Å². The average Bonchev–Trinajstić information content (AvgIpc) is 2.60. The van der Waals surface area contributed by atoms with Crippen molar-refractivity contribution in [2.45, 2.75) is 6.42 Å². The molecule has 0 aliphatic heterocycles. The van der Waals surface area contributed by atoms with Crippen LogP contribution in [-0.2, 0) is 6.42 Å². The Morgan fingerprint density at radius 2 is 2.13 bits per heavy atom. The van der Waals surface area contributed by atoms with Crippen molar-refractivity contribution in [3.05, 3.63) is 59.9 Å². The van der Waals surface area contributed by atoms with E-state index < -0.39 is 0 Å². The van der Waals surface area contributed by atoms with Crippen molar-refractivity contribution in [1.82, 2.24) is 15.2 Å². The average molecular weight is 313 g/mol. The molecule has 5 heteroatoms. The topological polar surface area (TPSA) is 54.5 Å². The van der Waals surface area contributed by atoms with Crippen LogP contribution in [0.4, 0.5) is 0 Å². The maximum Gasteiger partial charge on any atom is 0.253 e. The van der Waals surface area contributed by atoms with Gasteiger partial charge in [0.15, 0.2) is 0 Å². The molecular formula is C18H23N3O2. The quantitative estimate of drug-likeness (QED) is 0.757. The molecule has 0 aliphatic carbocycles. The molecule has 2 aromatic rings. The normalized spacial score (nSPS) is 10.3. The molecule has 0 radical (unpaired) electrons. The van der Waals surface area contributed by atoms with Crippen molar-refractivity contribution in [2.75, 3.05) is 33.8 Å². The largest absolute Gasteiger partial charge is 0.492 e. The Morgan fingerprint density at radius 1 is 1.26 bits per heavy atom. The molecule has 1 aromatic heterocycles. The molecule has 0 fully saturated rings. The summed E-state index contributed by atoms with van der Waals surface area (Å²) in [7, 11) is 3.68. The first kappa shape index (κ1) is 17.0. The van der Waals surface area contributed by atoms with E-state index in [0.717, 1.165) is 18.7 Å². The first-order valence-electron chi connectivity index (χ1n) is 7.73. The maximum absolute atomic E-state index is 12.5. The highest BCUT2D eigenvalue weighted by Crippen LogP contribution is 2.14. The predicted molar refractivity (Wildman–Crippen MR) is 90.8 cm³/mol. The number of likely N-dealkylation sites (N-methyl/N-ethyl adjacent to an activating group) is 2. The number of nitrogens with zero attached hydrogens (tertiary/aromatic N) is 2. The second-order valence-corrected chi connectivity index (χ2v) is 5.28. The van der Waals surface area contributed by atoms with Gasteiger partial charge in [0.25, 0.3) is 5.91 Å². The van der Waals surface area contributed by atoms with Gasteiger partial charge in [-0.25, -0.2) is 0 Å². The molecular weight excluding hydrogens is 290 g/mol. The molecule has 1 aromatic carbocycles. The molecule has 0 unspecified atom stereocenters. The van der Waals surface area contributed by atoms with E-state index in [1.807, 2.05) is 43.4 Å². The van der Waals surface area contributed by atoms with Gasteiger partial charge < -0.3 is 15.0 Å². The van der Waals surface area contributed by atoms with Crippen molar-refractivity contribution in [3.63, 3.8) is 0 Å². The lowest BCUT2D eigenvalue weighted by molar-refractivity contribution is 0.0796. The molecule has 0 aliphatic rings. The minimum absolute atomic E-state index is 0.0139. The number of amides is 1. The van der Waals surface area contributed by atoms with Crippen LogP contribution in [0.15, 0.2) is 48.7 Å². The lowest BCUT2D eigenvalue weighted by Crippen LogP contribution is -2.29. The first-order valence-corrected chi connectivity index (χ1v) is 7.73. The summed E-state index contributed by atoms with van der Waals surface area (Å²) >= 11 is 0. The third-order valence-corrected chi connectivity index (χ3v) is 3.48. The smallest absolute Gasteiger partial charge is 0.253 e. The lowest BCUT2D eigenvalue weighted by Gasteiger charge is -2.17. The number of aromatic nitrogens is 1. The highest BCUT2D eigenvalue weighted by atomic mass is 16.5. The number of carbonyl (C=O) groups is 1. The maximum atomic E-state index is 12.5. The molecule has 5 nitrogen and oxygen atoms in total. The third kappa shape index (κ3) is 5.38. The molecule has 0 spiro atoms. The minimum Gasteiger partial charge on any atom is -0.492 e. The van der Waals surface area contributed by atoms with Crippen LogP contribution in [0.5, 0.6) is 5.75 Å². The number of nitrogens with one attached hydrogen (secondary N) is 1. The summed E-state index contributed by atoms with van der Waals surface area (Å²) in [5.41, 5.74) is 1.62. The van der Waals surface area contributed by atoms with E-state index in [0.29, 0.717) is 24.5 Å². The molecule has 0 atom stereocenters. The molecule has 2 rings (SSSR count). The van der Waals surface area contributed by atoms with Crippen molar-refractivity contribution >= 4 is 5.91 Å². The van der Waals surface area contributed by atoms with Gasteiger partial charge in [-0.15, -0.1) is 0 Å². The van der Waals surface area contributed by atoms with Crippen LogP contribution in [0.25, 0.3) is 0 Å². The van der Waals surface area contributed by atoms with Gasteiger partial charge in [0, 0.05) is 44.0 Å². The number of carbonyl (C=O) groups excluding carboxylic acids is 1. The van der Waals surface area contributed by atoms with Gasteiger partial charge in [0.1, 0.15) is 12.4 Å². The molecule has 23 heavy (non-hydrogen) atoms. The Hall–Kier alpha value is -2.40. The van der Waals surface area contributed by atoms with Gasteiger partial charge in [-0.05, 0) is 37.4 Å². The highest BCUT2D eigenvalue weighted by molar-refractivity contribution is 5.94. The zero-order valence-electron chi connectivity index (χ0n) is 13.7. The van der Waals surface area contributed by atoms with E-state index in [4.69, 9.17) is 4.74 Å². The van der Waals surface area contributed by atoms with Crippen molar-refractivity contribution < 1.29 is 9.53 Å². The fourth-order valence-corrected chi connectivity index (χ4v) is 2.14. The Balaban J connectivity index is 1.92. The van der Waals surface area contributed by atoms with Gasteiger partial charge >= 0.3 is 0 Å².